The van der Waals surface area contributed by atoms with Crippen molar-refractivity contribution in [1.82, 2.24) is 14.8 Å². The van der Waals surface area contributed by atoms with Gasteiger partial charge in [-0.05, 0) is 44.9 Å². The highest BCUT2D eigenvalue weighted by molar-refractivity contribution is 7.91. The fourth-order valence-electron chi connectivity index (χ4n) is 4.49. The highest BCUT2D eigenvalue weighted by Crippen LogP contribution is 2.32. The highest BCUT2D eigenvalue weighted by Gasteiger charge is 2.32. The molecule has 1 aliphatic heterocycles. The number of aromatic nitrogens is 3. The number of nitrogens with one attached hydrogen (secondary N) is 1. The van der Waals surface area contributed by atoms with E-state index in [2.05, 4.69) is 10.4 Å². The van der Waals surface area contributed by atoms with Crippen molar-refractivity contribution in [2.75, 3.05) is 16.8 Å². The minimum absolute atomic E-state index is 0.0321. The third-order valence-corrected chi connectivity index (χ3v) is 8.13. The summed E-state index contributed by atoms with van der Waals surface area (Å²) in [6, 6.07) is 17.1. The number of fused-ring (bicyclic) bond motifs is 1. The molecule has 174 valence electrons. The molecule has 1 atom stereocenters. The second-order valence-electron chi connectivity index (χ2n) is 8.98. The largest absolute Gasteiger partial charge is 0.322 e. The average Bonchev–Trinajstić information content (AvgIpc) is 3.34. The Hall–Kier alpha value is -3.52. The van der Waals surface area contributed by atoms with Crippen LogP contribution in [-0.2, 0) is 9.84 Å². The molecule has 4 aromatic rings. The molecular formula is C26H26N4O3S. The summed E-state index contributed by atoms with van der Waals surface area (Å²) in [4.78, 5) is 18.4. The smallest absolute Gasteiger partial charge is 0.256 e. The number of hydrogen-bond donors (Lipinski definition) is 1. The molecule has 0 radical (unpaired) electrons. The van der Waals surface area contributed by atoms with Gasteiger partial charge in [0.05, 0.1) is 39.9 Å². The van der Waals surface area contributed by atoms with E-state index in [0.29, 0.717) is 34.4 Å². The van der Waals surface area contributed by atoms with Crippen molar-refractivity contribution in [2.24, 2.45) is 0 Å². The zero-order valence-electron chi connectivity index (χ0n) is 19.4. The minimum atomic E-state index is -3.11. The Balaban J connectivity index is 1.69. The number of carbonyl (C=O) groups is 1. The number of para-hydroxylation sites is 1. The van der Waals surface area contributed by atoms with Crippen LogP contribution in [0.2, 0.25) is 0 Å². The number of pyridine rings is 1. The monoisotopic (exact) mass is 474 g/mol. The summed E-state index contributed by atoms with van der Waals surface area (Å²) in [7, 11) is -3.11. The maximum Gasteiger partial charge on any atom is 0.256 e. The van der Waals surface area contributed by atoms with Crippen molar-refractivity contribution in [1.29, 1.82) is 0 Å². The number of benzene rings is 2. The first-order valence-electron chi connectivity index (χ1n) is 11.3. The lowest BCUT2D eigenvalue weighted by Gasteiger charge is -2.13. The molecular weight excluding hydrogens is 448 g/mol. The molecule has 0 saturated carbocycles. The molecule has 2 aromatic heterocycles. The van der Waals surface area contributed by atoms with E-state index < -0.39 is 9.84 Å². The lowest BCUT2D eigenvalue weighted by molar-refractivity contribution is 0.102. The zero-order valence-corrected chi connectivity index (χ0v) is 20.2. The fourth-order valence-corrected chi connectivity index (χ4v) is 6.18. The van der Waals surface area contributed by atoms with Crippen LogP contribution >= 0.6 is 0 Å². The number of sulfone groups is 1. The maximum atomic E-state index is 13.5. The van der Waals surface area contributed by atoms with Crippen LogP contribution < -0.4 is 5.32 Å². The lowest BCUT2D eigenvalue weighted by Crippen LogP contribution is -2.15. The van der Waals surface area contributed by atoms with Crippen molar-refractivity contribution < 1.29 is 13.2 Å². The van der Waals surface area contributed by atoms with Crippen LogP contribution in [0, 0.1) is 20.8 Å². The van der Waals surface area contributed by atoms with Gasteiger partial charge < -0.3 is 5.32 Å². The van der Waals surface area contributed by atoms with Gasteiger partial charge >= 0.3 is 0 Å². The van der Waals surface area contributed by atoms with Crippen molar-refractivity contribution in [2.45, 2.75) is 33.2 Å². The quantitative estimate of drug-likeness (QED) is 0.465. The molecule has 1 fully saturated rings. The molecule has 0 bridgehead atoms. The van der Waals surface area contributed by atoms with Gasteiger partial charge in [-0.3, -0.25) is 4.79 Å². The van der Waals surface area contributed by atoms with Crippen LogP contribution in [0.4, 0.5) is 5.69 Å². The SMILES string of the molecule is Cc1ccc(-c2cc(C(=O)Nc3ccccc3C)c3c(C)nn(C4CCS(=O)(=O)C4)c3n2)cc1. The van der Waals surface area contributed by atoms with Gasteiger partial charge in [0.15, 0.2) is 15.5 Å². The van der Waals surface area contributed by atoms with Gasteiger partial charge in [0.1, 0.15) is 0 Å². The predicted octanol–water partition coefficient (Wildman–Crippen LogP) is 4.64. The molecule has 3 heterocycles. The standard InChI is InChI=1S/C26H26N4O3S/c1-16-8-10-19(11-9-16)23-14-21(26(31)28-22-7-5-4-6-17(22)2)24-18(3)29-30(25(24)27-23)20-12-13-34(32,33)15-20/h4-11,14,20H,12-13,15H2,1-3H3,(H,28,31). The molecule has 8 heteroatoms. The van der Waals surface area contributed by atoms with Gasteiger partial charge in [-0.15, -0.1) is 0 Å². The first kappa shape index (κ1) is 22.3. The average molecular weight is 475 g/mol. The number of rotatable bonds is 4. The van der Waals surface area contributed by atoms with E-state index in [4.69, 9.17) is 4.98 Å². The first-order valence-corrected chi connectivity index (χ1v) is 13.1. The Labute approximate surface area is 198 Å². The Morgan fingerprint density at radius 2 is 1.79 bits per heavy atom. The van der Waals surface area contributed by atoms with Gasteiger partial charge in [0.25, 0.3) is 5.91 Å². The second kappa shape index (κ2) is 8.36. The van der Waals surface area contributed by atoms with Crippen LogP contribution in [0.25, 0.3) is 22.3 Å². The fraction of sp³-hybridized carbons (Fsp3) is 0.269. The Bertz CT molecular complexity index is 1520. The Morgan fingerprint density at radius 1 is 1.06 bits per heavy atom. The maximum absolute atomic E-state index is 13.5. The topological polar surface area (TPSA) is 94.0 Å². The van der Waals surface area contributed by atoms with E-state index in [0.717, 1.165) is 22.4 Å². The number of carbonyl (C=O) groups excluding carboxylic acids is 1. The molecule has 1 amide bonds. The van der Waals surface area contributed by atoms with Gasteiger partial charge in [-0.25, -0.2) is 18.1 Å². The molecule has 5 rings (SSSR count). The molecule has 1 aliphatic rings. The van der Waals surface area contributed by atoms with E-state index >= 15 is 0 Å². The van der Waals surface area contributed by atoms with Crippen LogP contribution in [0.5, 0.6) is 0 Å². The molecule has 2 aromatic carbocycles. The van der Waals surface area contributed by atoms with Gasteiger partial charge in [-0.1, -0.05) is 48.0 Å². The first-order chi connectivity index (χ1) is 16.2. The number of amides is 1. The van der Waals surface area contributed by atoms with Gasteiger partial charge in [0, 0.05) is 11.3 Å². The highest BCUT2D eigenvalue weighted by atomic mass is 32.2. The lowest BCUT2D eigenvalue weighted by atomic mass is 10.0. The normalized spacial score (nSPS) is 17.2. The summed E-state index contributed by atoms with van der Waals surface area (Å²) in [5, 5.41) is 8.33. The summed E-state index contributed by atoms with van der Waals surface area (Å²) < 4.78 is 26.0. The molecule has 0 aliphatic carbocycles. The molecule has 1 N–H and O–H groups in total. The van der Waals surface area contributed by atoms with Gasteiger partial charge in [-0.2, -0.15) is 5.10 Å². The molecule has 7 nitrogen and oxygen atoms in total. The summed E-state index contributed by atoms with van der Waals surface area (Å²) in [6.45, 7) is 5.79. The number of nitrogens with zero attached hydrogens (tertiary/aromatic N) is 3. The molecule has 1 unspecified atom stereocenters. The number of aryl methyl sites for hydroxylation is 3. The Morgan fingerprint density at radius 3 is 2.47 bits per heavy atom. The third kappa shape index (κ3) is 4.09. The second-order valence-corrected chi connectivity index (χ2v) is 11.2. The van der Waals surface area contributed by atoms with E-state index in [9.17, 15) is 13.2 Å². The minimum Gasteiger partial charge on any atom is -0.322 e. The van der Waals surface area contributed by atoms with Crippen LogP contribution in [-0.4, -0.2) is 40.6 Å². The van der Waals surface area contributed by atoms with Crippen LogP contribution in [0.3, 0.4) is 0 Å². The zero-order chi connectivity index (χ0) is 24.0. The van der Waals surface area contributed by atoms with Crippen LogP contribution in [0.1, 0.15) is 39.6 Å². The predicted molar refractivity (Wildman–Crippen MR) is 134 cm³/mol. The van der Waals surface area contributed by atoms with E-state index in [1.807, 2.05) is 69.3 Å². The molecule has 1 saturated heterocycles. The van der Waals surface area contributed by atoms with E-state index in [-0.39, 0.29) is 23.5 Å². The summed E-state index contributed by atoms with van der Waals surface area (Å²) in [6.07, 6.45) is 0.486. The van der Waals surface area contributed by atoms with Crippen LogP contribution in [0.15, 0.2) is 54.6 Å². The van der Waals surface area contributed by atoms with E-state index in [1.54, 1.807) is 10.7 Å². The Kier molecular flexibility index (Phi) is 5.48. The van der Waals surface area contributed by atoms with Crippen molar-refractivity contribution >= 4 is 32.5 Å². The molecule has 34 heavy (non-hydrogen) atoms. The molecule has 0 spiro atoms. The van der Waals surface area contributed by atoms with Crippen molar-refractivity contribution in [3.8, 4) is 11.3 Å². The summed E-state index contributed by atoms with van der Waals surface area (Å²) in [5.41, 5.74) is 5.99. The third-order valence-electron chi connectivity index (χ3n) is 6.38. The van der Waals surface area contributed by atoms with Crippen molar-refractivity contribution in [3.05, 3.63) is 77.0 Å². The summed E-state index contributed by atoms with van der Waals surface area (Å²) in [5.74, 6) is -0.0856. The van der Waals surface area contributed by atoms with Gasteiger partial charge in [0.2, 0.25) is 0 Å². The summed E-state index contributed by atoms with van der Waals surface area (Å²) >= 11 is 0. The number of hydrogen-bond acceptors (Lipinski definition) is 5. The van der Waals surface area contributed by atoms with E-state index in [1.165, 1.54) is 0 Å². The number of anilines is 1. The van der Waals surface area contributed by atoms with Crippen molar-refractivity contribution in [3.63, 3.8) is 0 Å².